The summed E-state index contributed by atoms with van der Waals surface area (Å²) in [6.07, 6.45) is 1.42. The second-order valence-corrected chi connectivity index (χ2v) is 7.65. The average molecular weight is 436 g/mol. The molecule has 8 nitrogen and oxygen atoms in total. The number of aromatic nitrogens is 4. The molecule has 1 saturated heterocycles. The summed E-state index contributed by atoms with van der Waals surface area (Å²) >= 11 is 0. The summed E-state index contributed by atoms with van der Waals surface area (Å²) < 4.78 is 47.0. The Morgan fingerprint density at radius 1 is 1.32 bits per heavy atom. The molecule has 4 heterocycles. The minimum Gasteiger partial charge on any atom is -0.496 e. The summed E-state index contributed by atoms with van der Waals surface area (Å²) in [6.45, 7) is 2.48. The van der Waals surface area contributed by atoms with E-state index in [0.29, 0.717) is 29.9 Å². The van der Waals surface area contributed by atoms with Crippen LogP contribution >= 0.6 is 0 Å². The van der Waals surface area contributed by atoms with Crippen LogP contribution < -0.4 is 15.4 Å². The number of aliphatic hydroxyl groups is 1. The van der Waals surface area contributed by atoms with E-state index in [9.17, 15) is 18.3 Å². The summed E-state index contributed by atoms with van der Waals surface area (Å²) in [6, 6.07) is 3.20. The van der Waals surface area contributed by atoms with Crippen molar-refractivity contribution < 1.29 is 23.0 Å². The molecule has 4 rings (SSSR count). The topological polar surface area (TPSA) is 96.6 Å². The first kappa shape index (κ1) is 21.3. The number of anilines is 1. The number of halogens is 3. The molecule has 3 aromatic heterocycles. The van der Waals surface area contributed by atoms with Gasteiger partial charge < -0.3 is 20.5 Å². The minimum absolute atomic E-state index is 0.109. The van der Waals surface area contributed by atoms with E-state index < -0.39 is 17.3 Å². The predicted octanol–water partition coefficient (Wildman–Crippen LogP) is 2.73. The molecule has 31 heavy (non-hydrogen) atoms. The van der Waals surface area contributed by atoms with Gasteiger partial charge in [0.15, 0.2) is 5.60 Å². The molecule has 1 aliphatic rings. The van der Waals surface area contributed by atoms with Gasteiger partial charge in [-0.05, 0) is 32.4 Å². The molecule has 2 atom stereocenters. The van der Waals surface area contributed by atoms with E-state index in [1.165, 1.54) is 30.0 Å². The molecular weight excluding hydrogens is 413 g/mol. The highest BCUT2D eigenvalue weighted by molar-refractivity contribution is 5.63. The highest BCUT2D eigenvalue weighted by atomic mass is 19.4. The number of hydrogen-bond acceptors (Lipinski definition) is 7. The van der Waals surface area contributed by atoms with Crippen molar-refractivity contribution in [3.8, 4) is 17.1 Å². The molecule has 0 aliphatic carbocycles. The Morgan fingerprint density at radius 3 is 2.81 bits per heavy atom. The van der Waals surface area contributed by atoms with E-state index in [2.05, 4.69) is 25.6 Å². The molecule has 0 bridgehead atoms. The quantitative estimate of drug-likeness (QED) is 0.566. The van der Waals surface area contributed by atoms with Crippen LogP contribution in [0, 0.1) is 0 Å². The fraction of sp³-hybridized carbons (Fsp3) is 0.450. The summed E-state index contributed by atoms with van der Waals surface area (Å²) in [4.78, 5) is 13.0. The standard InChI is InChI=1S/C20H23F3N6O2/c1-19(30,20(21,22)23)13-11-29-15(10-26-17(29)8-16(13)31-2)14-5-7-25-18(28-14)27-12-4-3-6-24-9-12/h5,7-8,10-12,24,30H,3-4,6,9H2,1-2H3,(H,25,27,28)/t12-,19?/m1/s1. The SMILES string of the molecule is COc1cc2ncc(-c3ccnc(N[C@@H]4CCCNC4)n3)n2cc1C(C)(O)C(F)(F)F. The molecule has 11 heteroatoms. The average Bonchev–Trinajstić information content (AvgIpc) is 3.16. The zero-order valence-electron chi connectivity index (χ0n) is 17.1. The Hall–Kier alpha value is -2.92. The van der Waals surface area contributed by atoms with Crippen molar-refractivity contribution >= 4 is 11.6 Å². The van der Waals surface area contributed by atoms with E-state index in [-0.39, 0.29) is 11.8 Å². The Morgan fingerprint density at radius 2 is 2.13 bits per heavy atom. The largest absolute Gasteiger partial charge is 0.496 e. The summed E-state index contributed by atoms with van der Waals surface area (Å²) in [5.74, 6) is 0.319. The first-order valence-electron chi connectivity index (χ1n) is 9.86. The molecule has 1 fully saturated rings. The Labute approximate surface area is 176 Å². The van der Waals surface area contributed by atoms with Gasteiger partial charge in [0.2, 0.25) is 5.95 Å². The summed E-state index contributed by atoms with van der Waals surface area (Å²) in [5.41, 5.74) is -2.23. The van der Waals surface area contributed by atoms with Crippen LogP contribution in [0.3, 0.4) is 0 Å². The van der Waals surface area contributed by atoms with E-state index in [1.54, 1.807) is 12.3 Å². The molecule has 0 amide bonds. The molecule has 1 aliphatic heterocycles. The van der Waals surface area contributed by atoms with Gasteiger partial charge in [0, 0.05) is 31.0 Å². The first-order chi connectivity index (χ1) is 14.7. The maximum Gasteiger partial charge on any atom is 0.421 e. The van der Waals surface area contributed by atoms with Crippen molar-refractivity contribution in [2.24, 2.45) is 0 Å². The van der Waals surface area contributed by atoms with Gasteiger partial charge in [-0.15, -0.1) is 0 Å². The van der Waals surface area contributed by atoms with Crippen LogP contribution in [0.2, 0.25) is 0 Å². The van der Waals surface area contributed by atoms with Gasteiger partial charge in [-0.2, -0.15) is 13.2 Å². The van der Waals surface area contributed by atoms with Crippen LogP contribution in [0.5, 0.6) is 5.75 Å². The molecule has 3 N–H and O–H groups in total. The minimum atomic E-state index is -4.89. The van der Waals surface area contributed by atoms with Crippen molar-refractivity contribution in [2.45, 2.75) is 37.6 Å². The number of nitrogens with zero attached hydrogens (tertiary/aromatic N) is 4. The molecule has 3 aromatic rings. The van der Waals surface area contributed by atoms with Gasteiger partial charge in [0.25, 0.3) is 0 Å². The van der Waals surface area contributed by atoms with Gasteiger partial charge >= 0.3 is 6.18 Å². The normalized spacial score (nSPS) is 19.2. The van der Waals surface area contributed by atoms with Gasteiger partial charge in [-0.1, -0.05) is 0 Å². The zero-order valence-corrected chi connectivity index (χ0v) is 17.1. The lowest BCUT2D eigenvalue weighted by atomic mass is 9.96. The number of piperidine rings is 1. The third-order valence-corrected chi connectivity index (χ3v) is 5.45. The molecular formula is C20H23F3N6O2. The van der Waals surface area contributed by atoms with Crippen LogP contribution in [-0.4, -0.2) is 56.9 Å². The lowest BCUT2D eigenvalue weighted by Crippen LogP contribution is -2.39. The van der Waals surface area contributed by atoms with Crippen LogP contribution in [0.4, 0.5) is 19.1 Å². The second-order valence-electron chi connectivity index (χ2n) is 7.65. The zero-order chi connectivity index (χ0) is 22.2. The fourth-order valence-corrected chi connectivity index (χ4v) is 3.61. The number of hydrogen-bond donors (Lipinski definition) is 3. The van der Waals surface area contributed by atoms with Gasteiger partial charge in [0.05, 0.1) is 30.3 Å². The fourth-order valence-electron chi connectivity index (χ4n) is 3.61. The third kappa shape index (κ3) is 4.02. The molecule has 0 radical (unpaired) electrons. The van der Waals surface area contributed by atoms with Crippen molar-refractivity contribution in [3.05, 3.63) is 36.3 Å². The molecule has 1 unspecified atom stereocenters. The van der Waals surface area contributed by atoms with Gasteiger partial charge in [0.1, 0.15) is 11.4 Å². The second kappa shape index (κ2) is 7.97. The van der Waals surface area contributed by atoms with E-state index in [1.807, 2.05) is 0 Å². The molecule has 0 saturated carbocycles. The van der Waals surface area contributed by atoms with Crippen molar-refractivity contribution in [1.29, 1.82) is 0 Å². The monoisotopic (exact) mass is 436 g/mol. The lowest BCUT2D eigenvalue weighted by molar-refractivity contribution is -0.259. The number of nitrogens with one attached hydrogen (secondary N) is 2. The molecule has 0 aromatic carbocycles. The Bertz CT molecular complexity index is 1080. The molecule has 166 valence electrons. The van der Waals surface area contributed by atoms with Crippen molar-refractivity contribution in [1.82, 2.24) is 24.7 Å². The summed E-state index contributed by atoms with van der Waals surface area (Å²) in [7, 11) is 1.24. The van der Waals surface area contributed by atoms with Gasteiger partial charge in [-0.3, -0.25) is 4.40 Å². The van der Waals surface area contributed by atoms with E-state index >= 15 is 0 Å². The number of fused-ring (bicyclic) bond motifs is 1. The maximum atomic E-state index is 13.5. The van der Waals surface area contributed by atoms with E-state index in [0.717, 1.165) is 25.9 Å². The third-order valence-electron chi connectivity index (χ3n) is 5.45. The highest BCUT2D eigenvalue weighted by Gasteiger charge is 2.53. The van der Waals surface area contributed by atoms with Crippen LogP contribution in [0.25, 0.3) is 17.0 Å². The number of methoxy groups -OCH3 is 1. The number of alkyl halides is 3. The maximum absolute atomic E-state index is 13.5. The summed E-state index contributed by atoms with van der Waals surface area (Å²) in [5, 5.41) is 16.8. The first-order valence-corrected chi connectivity index (χ1v) is 9.86. The Balaban J connectivity index is 1.75. The smallest absolute Gasteiger partial charge is 0.421 e. The molecule has 0 spiro atoms. The van der Waals surface area contributed by atoms with Crippen molar-refractivity contribution in [3.63, 3.8) is 0 Å². The van der Waals surface area contributed by atoms with Crippen LogP contribution in [-0.2, 0) is 5.60 Å². The number of imidazole rings is 1. The predicted molar refractivity (Wildman–Crippen MR) is 108 cm³/mol. The number of pyridine rings is 1. The van der Waals surface area contributed by atoms with Crippen LogP contribution in [0.1, 0.15) is 25.3 Å². The number of rotatable bonds is 5. The highest BCUT2D eigenvalue weighted by Crippen LogP contribution is 2.43. The Kier molecular flexibility index (Phi) is 5.48. The number of ether oxygens (including phenoxy) is 1. The van der Waals surface area contributed by atoms with E-state index in [4.69, 9.17) is 4.74 Å². The van der Waals surface area contributed by atoms with Crippen LogP contribution in [0.15, 0.2) is 30.7 Å². The van der Waals surface area contributed by atoms with Gasteiger partial charge in [-0.25, -0.2) is 15.0 Å². The van der Waals surface area contributed by atoms with Crippen molar-refractivity contribution in [2.75, 3.05) is 25.5 Å². The lowest BCUT2D eigenvalue weighted by Gasteiger charge is -2.28.